The van der Waals surface area contributed by atoms with Crippen molar-refractivity contribution in [3.05, 3.63) is 53.6 Å². The third-order valence-electron chi connectivity index (χ3n) is 4.54. The fourth-order valence-electron chi connectivity index (χ4n) is 2.76. The molecule has 32 heavy (non-hydrogen) atoms. The molecule has 0 bridgehead atoms. The minimum absolute atomic E-state index is 0.220. The minimum atomic E-state index is -0.345. The number of methoxy groups -OCH3 is 2. The molecule has 2 aromatic carbocycles. The summed E-state index contributed by atoms with van der Waals surface area (Å²) in [5, 5.41) is 5.95. The van der Waals surface area contributed by atoms with E-state index in [0.717, 1.165) is 12.0 Å². The summed E-state index contributed by atoms with van der Waals surface area (Å²) in [5.41, 5.74) is 1.34. The van der Waals surface area contributed by atoms with Crippen molar-refractivity contribution >= 4 is 23.2 Å². The van der Waals surface area contributed by atoms with Crippen LogP contribution in [0.3, 0.4) is 0 Å². The molecule has 174 valence electrons. The van der Waals surface area contributed by atoms with Gasteiger partial charge in [0.25, 0.3) is 5.91 Å². The molecule has 0 spiro atoms. The number of amides is 1. The van der Waals surface area contributed by atoms with E-state index in [9.17, 15) is 4.79 Å². The van der Waals surface area contributed by atoms with Crippen molar-refractivity contribution in [1.29, 1.82) is 0 Å². The number of benzene rings is 2. The summed E-state index contributed by atoms with van der Waals surface area (Å²) in [7, 11) is 3.20. The van der Waals surface area contributed by atoms with Gasteiger partial charge in [-0.3, -0.25) is 10.1 Å². The fourth-order valence-corrected chi connectivity index (χ4v) is 2.92. The van der Waals surface area contributed by atoms with Gasteiger partial charge in [-0.1, -0.05) is 32.0 Å². The number of carbonyl (C=O) groups is 1. The predicted molar refractivity (Wildman–Crippen MR) is 129 cm³/mol. The molecule has 0 radical (unpaired) electrons. The largest absolute Gasteiger partial charge is 0.493 e. The topological polar surface area (TPSA) is 78.1 Å². The number of hydrogen-bond acceptors (Lipinski definition) is 6. The van der Waals surface area contributed by atoms with E-state index in [1.807, 2.05) is 18.2 Å². The van der Waals surface area contributed by atoms with Crippen molar-refractivity contribution in [3.63, 3.8) is 0 Å². The summed E-state index contributed by atoms with van der Waals surface area (Å²) in [6, 6.07) is 12.7. The van der Waals surface area contributed by atoms with Crippen LogP contribution in [0.15, 0.2) is 42.5 Å². The van der Waals surface area contributed by atoms with E-state index in [-0.39, 0.29) is 11.0 Å². The van der Waals surface area contributed by atoms with Gasteiger partial charge < -0.3 is 24.3 Å². The maximum atomic E-state index is 12.6. The summed E-state index contributed by atoms with van der Waals surface area (Å²) in [4.78, 5) is 12.6. The highest BCUT2D eigenvalue weighted by Gasteiger charge is 2.14. The molecule has 0 saturated heterocycles. The standard InChI is InChI=1S/C24H32N2O5S/c1-17(2)11-12-30-21-10-9-18(15-22(21)29-4)16-25-24(32)26-23(27)19-7-5-6-8-20(19)31-14-13-28-3/h5-10,15,17H,11-14,16H2,1-4H3,(H2,25,26,27,32). The molecular weight excluding hydrogens is 428 g/mol. The number of hydrogen-bond donors (Lipinski definition) is 2. The number of nitrogens with one attached hydrogen (secondary N) is 2. The van der Waals surface area contributed by atoms with Crippen LogP contribution in [-0.4, -0.2) is 45.1 Å². The minimum Gasteiger partial charge on any atom is -0.493 e. The van der Waals surface area contributed by atoms with Gasteiger partial charge in [0.05, 0.1) is 25.9 Å². The van der Waals surface area contributed by atoms with E-state index in [4.69, 9.17) is 31.2 Å². The van der Waals surface area contributed by atoms with E-state index < -0.39 is 0 Å². The highest BCUT2D eigenvalue weighted by atomic mass is 32.1. The summed E-state index contributed by atoms with van der Waals surface area (Å²) >= 11 is 5.29. The smallest absolute Gasteiger partial charge is 0.261 e. The van der Waals surface area contributed by atoms with Gasteiger partial charge in [0.15, 0.2) is 16.6 Å². The van der Waals surface area contributed by atoms with Crippen LogP contribution >= 0.6 is 12.2 Å². The van der Waals surface area contributed by atoms with Crippen LogP contribution in [0, 0.1) is 5.92 Å². The Kier molecular flexibility index (Phi) is 10.8. The van der Waals surface area contributed by atoms with Gasteiger partial charge in [-0.05, 0) is 54.4 Å². The van der Waals surface area contributed by atoms with E-state index >= 15 is 0 Å². The van der Waals surface area contributed by atoms with Crippen LogP contribution in [0.2, 0.25) is 0 Å². The highest BCUT2D eigenvalue weighted by molar-refractivity contribution is 7.80. The van der Waals surface area contributed by atoms with E-state index in [0.29, 0.717) is 55.1 Å². The van der Waals surface area contributed by atoms with Crippen molar-refractivity contribution in [3.8, 4) is 17.2 Å². The van der Waals surface area contributed by atoms with Crippen LogP contribution in [0.1, 0.15) is 36.2 Å². The quantitative estimate of drug-likeness (QED) is 0.367. The Labute approximate surface area is 195 Å². The molecule has 0 fully saturated rings. The average molecular weight is 461 g/mol. The lowest BCUT2D eigenvalue weighted by atomic mass is 10.1. The molecule has 2 rings (SSSR count). The second-order valence-electron chi connectivity index (χ2n) is 7.49. The second kappa shape index (κ2) is 13.5. The summed E-state index contributed by atoms with van der Waals surface area (Å²) in [5.74, 6) is 2.07. The van der Waals surface area contributed by atoms with Gasteiger partial charge in [-0.25, -0.2) is 0 Å². The zero-order chi connectivity index (χ0) is 23.3. The molecule has 7 nitrogen and oxygen atoms in total. The van der Waals surface area contributed by atoms with Crippen LogP contribution in [-0.2, 0) is 11.3 Å². The molecule has 0 atom stereocenters. The summed E-state index contributed by atoms with van der Waals surface area (Å²) in [6.45, 7) is 6.16. The normalized spacial score (nSPS) is 10.5. The zero-order valence-electron chi connectivity index (χ0n) is 19.1. The van der Waals surface area contributed by atoms with Crippen LogP contribution in [0.5, 0.6) is 17.2 Å². The van der Waals surface area contributed by atoms with Gasteiger partial charge in [0, 0.05) is 13.7 Å². The highest BCUT2D eigenvalue weighted by Crippen LogP contribution is 2.28. The Morgan fingerprint density at radius 3 is 2.44 bits per heavy atom. The van der Waals surface area contributed by atoms with Gasteiger partial charge in [0.2, 0.25) is 0 Å². The first kappa shape index (κ1) is 25.4. The Bertz CT molecular complexity index is 888. The SMILES string of the molecule is COCCOc1ccccc1C(=O)NC(=S)NCc1ccc(OCCC(C)C)c(OC)c1. The van der Waals surface area contributed by atoms with Crippen molar-refractivity contribution in [2.24, 2.45) is 5.92 Å². The van der Waals surface area contributed by atoms with Crippen LogP contribution in [0.25, 0.3) is 0 Å². The molecule has 0 unspecified atom stereocenters. The summed E-state index contributed by atoms with van der Waals surface area (Å²) < 4.78 is 21.9. The molecule has 2 N–H and O–H groups in total. The molecule has 8 heteroatoms. The first-order chi connectivity index (χ1) is 15.4. The lowest BCUT2D eigenvalue weighted by molar-refractivity contribution is 0.0968. The number of rotatable bonds is 12. The Morgan fingerprint density at radius 2 is 1.72 bits per heavy atom. The van der Waals surface area contributed by atoms with Crippen molar-refractivity contribution in [1.82, 2.24) is 10.6 Å². The maximum absolute atomic E-state index is 12.6. The molecule has 0 aliphatic carbocycles. The van der Waals surface area contributed by atoms with Crippen LogP contribution < -0.4 is 24.8 Å². The van der Waals surface area contributed by atoms with E-state index in [1.54, 1.807) is 38.5 Å². The third kappa shape index (κ3) is 8.36. The molecule has 0 heterocycles. The fraction of sp³-hybridized carbons (Fsp3) is 0.417. The number of para-hydroxylation sites is 1. The van der Waals surface area contributed by atoms with Gasteiger partial charge >= 0.3 is 0 Å². The lowest BCUT2D eigenvalue weighted by Gasteiger charge is -2.15. The van der Waals surface area contributed by atoms with Gasteiger partial charge in [-0.2, -0.15) is 0 Å². The molecule has 0 aliphatic heterocycles. The van der Waals surface area contributed by atoms with Gasteiger partial charge in [0.1, 0.15) is 12.4 Å². The number of thiocarbonyl (C=S) groups is 1. The predicted octanol–water partition coefficient (Wildman–Crippen LogP) is 3.95. The lowest BCUT2D eigenvalue weighted by Crippen LogP contribution is -2.39. The van der Waals surface area contributed by atoms with E-state index in [1.165, 1.54) is 0 Å². The average Bonchev–Trinajstić information content (AvgIpc) is 2.78. The van der Waals surface area contributed by atoms with Crippen molar-refractivity contribution in [2.75, 3.05) is 34.0 Å². The van der Waals surface area contributed by atoms with Crippen molar-refractivity contribution in [2.45, 2.75) is 26.8 Å². The zero-order valence-corrected chi connectivity index (χ0v) is 19.9. The van der Waals surface area contributed by atoms with E-state index in [2.05, 4.69) is 24.5 Å². The molecule has 0 saturated carbocycles. The maximum Gasteiger partial charge on any atom is 0.261 e. The number of carbonyl (C=O) groups excluding carboxylic acids is 1. The number of ether oxygens (including phenoxy) is 4. The first-order valence-corrected chi connectivity index (χ1v) is 10.9. The second-order valence-corrected chi connectivity index (χ2v) is 7.90. The summed E-state index contributed by atoms with van der Waals surface area (Å²) in [6.07, 6.45) is 0.973. The Balaban J connectivity index is 1.90. The van der Waals surface area contributed by atoms with Crippen molar-refractivity contribution < 1.29 is 23.7 Å². The molecule has 0 aromatic heterocycles. The molecule has 1 amide bonds. The molecule has 2 aromatic rings. The Hall–Kier alpha value is -2.84. The van der Waals surface area contributed by atoms with Crippen LogP contribution in [0.4, 0.5) is 0 Å². The molecule has 0 aliphatic rings. The Morgan fingerprint density at radius 1 is 0.969 bits per heavy atom. The van der Waals surface area contributed by atoms with Gasteiger partial charge in [-0.15, -0.1) is 0 Å². The first-order valence-electron chi connectivity index (χ1n) is 10.5. The molecular formula is C24H32N2O5S. The monoisotopic (exact) mass is 460 g/mol. The third-order valence-corrected chi connectivity index (χ3v) is 4.78.